The molecule has 0 spiro atoms. The van der Waals surface area contributed by atoms with Gasteiger partial charge in [-0.25, -0.2) is 0 Å². The maximum atomic E-state index is 4.52. The third-order valence-corrected chi connectivity index (χ3v) is 4.86. The highest BCUT2D eigenvalue weighted by atomic mass is 15.2. The van der Waals surface area contributed by atoms with Gasteiger partial charge in [0, 0.05) is 29.9 Å². The molecule has 1 aromatic heterocycles. The van der Waals surface area contributed by atoms with E-state index in [1.807, 2.05) is 12.3 Å². The SMILES string of the molecule is CCNC(Cc1ccccn1)C(C)(C)N1CCCCCC1. The fourth-order valence-corrected chi connectivity index (χ4v) is 3.41. The van der Waals surface area contributed by atoms with Crippen molar-refractivity contribution >= 4 is 0 Å². The molecule has 1 aliphatic heterocycles. The van der Waals surface area contributed by atoms with Crippen LogP contribution in [0, 0.1) is 0 Å². The predicted molar refractivity (Wildman–Crippen MR) is 89.5 cm³/mol. The van der Waals surface area contributed by atoms with Crippen LogP contribution in [0.4, 0.5) is 0 Å². The lowest BCUT2D eigenvalue weighted by Crippen LogP contribution is -2.59. The topological polar surface area (TPSA) is 28.2 Å². The van der Waals surface area contributed by atoms with Crippen molar-refractivity contribution in [1.29, 1.82) is 0 Å². The Balaban J connectivity index is 2.10. The largest absolute Gasteiger partial charge is 0.312 e. The fourth-order valence-electron chi connectivity index (χ4n) is 3.41. The molecule has 3 nitrogen and oxygen atoms in total. The van der Waals surface area contributed by atoms with Crippen molar-refractivity contribution in [2.45, 2.75) is 64.5 Å². The lowest BCUT2D eigenvalue weighted by Gasteiger charge is -2.44. The number of likely N-dealkylation sites (tertiary alicyclic amines) is 1. The molecule has 0 saturated carbocycles. The first-order valence-electron chi connectivity index (χ1n) is 8.53. The summed E-state index contributed by atoms with van der Waals surface area (Å²) in [5, 5.41) is 3.71. The van der Waals surface area contributed by atoms with Crippen molar-refractivity contribution in [1.82, 2.24) is 15.2 Å². The van der Waals surface area contributed by atoms with Crippen molar-refractivity contribution in [3.05, 3.63) is 30.1 Å². The average Bonchev–Trinajstić information content (AvgIpc) is 2.77. The lowest BCUT2D eigenvalue weighted by atomic mass is 9.88. The fraction of sp³-hybridized carbons (Fsp3) is 0.722. The van der Waals surface area contributed by atoms with Gasteiger partial charge in [0.2, 0.25) is 0 Å². The molecule has 3 heteroatoms. The number of aromatic nitrogens is 1. The molecule has 21 heavy (non-hydrogen) atoms. The van der Waals surface area contributed by atoms with Crippen molar-refractivity contribution in [2.75, 3.05) is 19.6 Å². The maximum absolute atomic E-state index is 4.52. The van der Waals surface area contributed by atoms with E-state index in [9.17, 15) is 0 Å². The smallest absolute Gasteiger partial charge is 0.0419 e. The molecule has 2 heterocycles. The molecular formula is C18H31N3. The number of rotatable bonds is 6. The highest BCUT2D eigenvalue weighted by Crippen LogP contribution is 2.25. The molecule has 0 bridgehead atoms. The van der Waals surface area contributed by atoms with Crippen LogP contribution in [0.5, 0.6) is 0 Å². The highest BCUT2D eigenvalue weighted by Gasteiger charge is 2.35. The summed E-state index contributed by atoms with van der Waals surface area (Å²) in [5.74, 6) is 0. The van der Waals surface area contributed by atoms with Crippen LogP contribution in [0.1, 0.15) is 52.1 Å². The van der Waals surface area contributed by atoms with E-state index >= 15 is 0 Å². The zero-order valence-electron chi connectivity index (χ0n) is 13.9. The van der Waals surface area contributed by atoms with Crippen LogP contribution in [-0.4, -0.2) is 41.1 Å². The number of pyridine rings is 1. The Kier molecular flexibility index (Phi) is 6.19. The van der Waals surface area contributed by atoms with Crippen LogP contribution in [-0.2, 0) is 6.42 Å². The van der Waals surface area contributed by atoms with Crippen molar-refractivity contribution < 1.29 is 0 Å². The first-order valence-corrected chi connectivity index (χ1v) is 8.53. The molecule has 0 radical (unpaired) electrons. The number of nitrogens with one attached hydrogen (secondary N) is 1. The second kappa shape index (κ2) is 7.90. The standard InChI is InChI=1S/C18H31N3/c1-4-19-17(15-16-11-7-8-12-20-16)18(2,3)21-13-9-5-6-10-14-21/h7-8,11-12,17,19H,4-6,9-10,13-15H2,1-3H3. The van der Waals surface area contributed by atoms with Crippen LogP contribution in [0.2, 0.25) is 0 Å². The summed E-state index contributed by atoms with van der Waals surface area (Å²) in [6, 6.07) is 6.66. The van der Waals surface area contributed by atoms with Crippen LogP contribution >= 0.6 is 0 Å². The summed E-state index contributed by atoms with van der Waals surface area (Å²) in [4.78, 5) is 7.21. The highest BCUT2D eigenvalue weighted by molar-refractivity contribution is 5.08. The molecule has 1 N–H and O–H groups in total. The van der Waals surface area contributed by atoms with Gasteiger partial charge in [0.25, 0.3) is 0 Å². The first-order chi connectivity index (χ1) is 10.1. The Morgan fingerprint density at radius 1 is 1.19 bits per heavy atom. The minimum atomic E-state index is 0.165. The van der Waals surface area contributed by atoms with Gasteiger partial charge in [-0.15, -0.1) is 0 Å². The van der Waals surface area contributed by atoms with Crippen molar-refractivity contribution in [3.63, 3.8) is 0 Å². The van der Waals surface area contributed by atoms with Crippen LogP contribution < -0.4 is 5.32 Å². The van der Waals surface area contributed by atoms with Crippen molar-refractivity contribution in [2.24, 2.45) is 0 Å². The molecule has 1 saturated heterocycles. The first kappa shape index (κ1) is 16.4. The average molecular weight is 289 g/mol. The van der Waals surface area contributed by atoms with E-state index in [-0.39, 0.29) is 5.54 Å². The van der Waals surface area contributed by atoms with Crippen LogP contribution in [0.15, 0.2) is 24.4 Å². The van der Waals surface area contributed by atoms with Crippen LogP contribution in [0.3, 0.4) is 0 Å². The van der Waals surface area contributed by atoms with E-state index in [0.717, 1.165) is 13.0 Å². The second-order valence-corrected chi connectivity index (χ2v) is 6.69. The monoisotopic (exact) mass is 289 g/mol. The summed E-state index contributed by atoms with van der Waals surface area (Å²) >= 11 is 0. The normalized spacial score (nSPS) is 19.2. The molecule has 118 valence electrons. The minimum Gasteiger partial charge on any atom is -0.312 e. The van der Waals surface area contributed by atoms with Crippen molar-refractivity contribution in [3.8, 4) is 0 Å². The second-order valence-electron chi connectivity index (χ2n) is 6.69. The summed E-state index contributed by atoms with van der Waals surface area (Å²) < 4.78 is 0. The van der Waals surface area contributed by atoms with E-state index < -0.39 is 0 Å². The molecule has 0 amide bonds. The van der Waals surface area contributed by atoms with E-state index in [2.05, 4.69) is 48.1 Å². The lowest BCUT2D eigenvalue weighted by molar-refractivity contribution is 0.0837. The van der Waals surface area contributed by atoms with E-state index in [0.29, 0.717) is 6.04 Å². The zero-order chi connectivity index (χ0) is 15.1. The molecule has 1 fully saturated rings. The maximum Gasteiger partial charge on any atom is 0.0419 e. The van der Waals surface area contributed by atoms with Gasteiger partial charge in [0.05, 0.1) is 0 Å². The van der Waals surface area contributed by atoms with Gasteiger partial charge in [-0.1, -0.05) is 25.8 Å². The van der Waals surface area contributed by atoms with Crippen LogP contribution in [0.25, 0.3) is 0 Å². The van der Waals surface area contributed by atoms with E-state index in [1.54, 1.807) is 0 Å². The van der Waals surface area contributed by atoms with Gasteiger partial charge in [0.1, 0.15) is 0 Å². The zero-order valence-corrected chi connectivity index (χ0v) is 13.9. The Hall–Kier alpha value is -0.930. The van der Waals surface area contributed by atoms with Gasteiger partial charge in [-0.3, -0.25) is 9.88 Å². The summed E-state index contributed by atoms with van der Waals surface area (Å²) in [5.41, 5.74) is 1.35. The number of nitrogens with zero attached hydrogens (tertiary/aromatic N) is 2. The molecule has 1 aromatic rings. The predicted octanol–water partition coefficient (Wildman–Crippen LogP) is 3.26. The van der Waals surface area contributed by atoms with Gasteiger partial charge < -0.3 is 5.32 Å². The Morgan fingerprint density at radius 2 is 1.90 bits per heavy atom. The summed E-state index contributed by atoms with van der Waals surface area (Å²) in [7, 11) is 0. The molecule has 0 aliphatic carbocycles. The van der Waals surface area contributed by atoms with E-state index in [1.165, 1.54) is 44.5 Å². The molecule has 1 unspecified atom stereocenters. The molecule has 1 atom stereocenters. The third-order valence-electron chi connectivity index (χ3n) is 4.86. The Labute approximate surface area is 130 Å². The summed E-state index contributed by atoms with van der Waals surface area (Å²) in [6.07, 6.45) is 8.35. The number of hydrogen-bond donors (Lipinski definition) is 1. The number of likely N-dealkylation sites (N-methyl/N-ethyl adjacent to an activating group) is 1. The van der Waals surface area contributed by atoms with Gasteiger partial charge >= 0.3 is 0 Å². The van der Waals surface area contributed by atoms with Gasteiger partial charge in [0.15, 0.2) is 0 Å². The molecular weight excluding hydrogens is 258 g/mol. The van der Waals surface area contributed by atoms with Gasteiger partial charge in [-0.05, 0) is 58.5 Å². The Morgan fingerprint density at radius 3 is 2.48 bits per heavy atom. The quantitative estimate of drug-likeness (QED) is 0.871. The molecule has 2 rings (SSSR count). The number of hydrogen-bond acceptors (Lipinski definition) is 3. The minimum absolute atomic E-state index is 0.165. The van der Waals surface area contributed by atoms with E-state index in [4.69, 9.17) is 0 Å². The third kappa shape index (κ3) is 4.52. The summed E-state index contributed by atoms with van der Waals surface area (Å²) in [6.45, 7) is 10.5. The van der Waals surface area contributed by atoms with Gasteiger partial charge in [-0.2, -0.15) is 0 Å². The molecule has 0 aromatic carbocycles. The Bertz CT molecular complexity index is 394. The molecule has 1 aliphatic rings.